The van der Waals surface area contributed by atoms with E-state index in [-0.39, 0.29) is 6.01 Å². The summed E-state index contributed by atoms with van der Waals surface area (Å²) in [6.45, 7) is 1.73. The van der Waals surface area contributed by atoms with Crippen molar-refractivity contribution >= 4 is 11.4 Å². The Morgan fingerprint density at radius 2 is 2.45 bits per heavy atom. The molecule has 0 aliphatic heterocycles. The van der Waals surface area contributed by atoms with Gasteiger partial charge in [-0.25, -0.2) is 4.98 Å². The van der Waals surface area contributed by atoms with Crippen molar-refractivity contribution in [2.24, 2.45) is 0 Å². The van der Waals surface area contributed by atoms with E-state index in [1.807, 2.05) is 0 Å². The summed E-state index contributed by atoms with van der Waals surface area (Å²) in [6, 6.07) is 1.57. The molecule has 0 aromatic carbocycles. The number of hydrogen-bond donors (Lipinski definition) is 1. The highest BCUT2D eigenvalue weighted by molar-refractivity contribution is 7.74. The first kappa shape index (κ1) is 8.09. The molecular formula is C5H6N2O3S. The average molecular weight is 174 g/mol. The summed E-state index contributed by atoms with van der Waals surface area (Å²) in [4.78, 5) is 7.32. The Balaban J connectivity index is 2.79. The third-order valence-electron chi connectivity index (χ3n) is 0.919. The molecule has 0 amide bonds. The molecule has 1 heterocycles. The maximum absolute atomic E-state index is 10.1. The van der Waals surface area contributed by atoms with Crippen molar-refractivity contribution in [1.82, 2.24) is 9.97 Å². The number of aromatic nitrogens is 2. The van der Waals surface area contributed by atoms with Crippen LogP contribution in [0.25, 0.3) is 0 Å². The minimum absolute atomic E-state index is 0.0918. The zero-order valence-corrected chi connectivity index (χ0v) is 6.54. The van der Waals surface area contributed by atoms with E-state index in [9.17, 15) is 4.21 Å². The molecule has 0 radical (unpaired) electrons. The SMILES string of the molecule is Cc1ccnc(OS(=O)O)n1. The van der Waals surface area contributed by atoms with Crippen molar-refractivity contribution in [1.29, 1.82) is 0 Å². The molecule has 11 heavy (non-hydrogen) atoms. The Kier molecular flexibility index (Phi) is 2.50. The van der Waals surface area contributed by atoms with Crippen molar-refractivity contribution in [3.8, 4) is 6.01 Å². The predicted octanol–water partition coefficient (Wildman–Crippen LogP) is 0.301. The molecule has 0 saturated heterocycles. The third kappa shape index (κ3) is 2.60. The molecule has 6 heteroatoms. The zero-order valence-electron chi connectivity index (χ0n) is 5.72. The minimum atomic E-state index is -2.35. The van der Waals surface area contributed by atoms with Crippen LogP contribution >= 0.6 is 0 Å². The molecule has 1 aromatic rings. The Bertz CT molecular complexity index is 278. The molecule has 0 spiro atoms. The van der Waals surface area contributed by atoms with E-state index in [0.29, 0.717) is 5.69 Å². The predicted molar refractivity (Wildman–Crippen MR) is 38.2 cm³/mol. The maximum Gasteiger partial charge on any atom is 0.360 e. The number of rotatable bonds is 2. The van der Waals surface area contributed by atoms with Gasteiger partial charge in [-0.05, 0) is 13.0 Å². The highest BCUT2D eigenvalue weighted by Crippen LogP contribution is 2.01. The summed E-state index contributed by atoms with van der Waals surface area (Å²) in [7, 11) is 0. The fourth-order valence-corrected chi connectivity index (χ4v) is 0.738. The largest absolute Gasteiger partial charge is 0.360 e. The van der Waals surface area contributed by atoms with Crippen molar-refractivity contribution < 1.29 is 12.9 Å². The van der Waals surface area contributed by atoms with Crippen LogP contribution in [0.1, 0.15) is 5.69 Å². The Morgan fingerprint density at radius 3 is 3.00 bits per heavy atom. The van der Waals surface area contributed by atoms with Gasteiger partial charge >= 0.3 is 17.4 Å². The van der Waals surface area contributed by atoms with Crippen LogP contribution in [0.15, 0.2) is 12.3 Å². The number of aryl methyl sites for hydroxylation is 1. The van der Waals surface area contributed by atoms with Crippen LogP contribution in [-0.2, 0) is 11.4 Å². The number of nitrogens with zero attached hydrogens (tertiary/aromatic N) is 2. The van der Waals surface area contributed by atoms with Crippen LogP contribution in [0.3, 0.4) is 0 Å². The second-order valence-electron chi connectivity index (χ2n) is 1.78. The molecule has 1 atom stereocenters. The summed E-state index contributed by atoms with van der Waals surface area (Å²) >= 11 is -2.35. The monoisotopic (exact) mass is 174 g/mol. The van der Waals surface area contributed by atoms with E-state index in [1.54, 1.807) is 13.0 Å². The summed E-state index contributed by atoms with van der Waals surface area (Å²) in [5.74, 6) is 0. The molecule has 1 unspecified atom stereocenters. The zero-order chi connectivity index (χ0) is 8.27. The average Bonchev–Trinajstić information content (AvgIpc) is 1.85. The van der Waals surface area contributed by atoms with Crippen molar-refractivity contribution in [3.05, 3.63) is 18.0 Å². The molecule has 0 saturated carbocycles. The molecule has 0 bridgehead atoms. The molecule has 60 valence electrons. The highest BCUT2D eigenvalue weighted by Gasteiger charge is 2.00. The Hall–Kier alpha value is -1.01. The van der Waals surface area contributed by atoms with Gasteiger partial charge in [0, 0.05) is 11.9 Å². The van der Waals surface area contributed by atoms with E-state index < -0.39 is 11.4 Å². The highest BCUT2D eigenvalue weighted by atomic mass is 32.2. The van der Waals surface area contributed by atoms with Crippen LogP contribution in [0.4, 0.5) is 0 Å². The fraction of sp³-hybridized carbons (Fsp3) is 0.200. The van der Waals surface area contributed by atoms with Gasteiger partial charge in [-0.2, -0.15) is 9.19 Å². The van der Waals surface area contributed by atoms with Crippen molar-refractivity contribution in [2.75, 3.05) is 0 Å². The van der Waals surface area contributed by atoms with E-state index in [4.69, 9.17) is 4.55 Å². The normalized spacial score (nSPS) is 12.5. The molecule has 0 aliphatic rings. The van der Waals surface area contributed by atoms with Crippen LogP contribution in [0.2, 0.25) is 0 Å². The van der Waals surface area contributed by atoms with Gasteiger partial charge in [-0.15, -0.1) is 0 Å². The van der Waals surface area contributed by atoms with Gasteiger partial charge in [-0.3, -0.25) is 4.55 Å². The van der Waals surface area contributed by atoms with E-state index in [1.165, 1.54) is 6.20 Å². The summed E-state index contributed by atoms with van der Waals surface area (Å²) in [6.07, 6.45) is 1.45. The van der Waals surface area contributed by atoms with Crippen LogP contribution in [0, 0.1) is 6.92 Å². The van der Waals surface area contributed by atoms with Crippen molar-refractivity contribution in [3.63, 3.8) is 0 Å². The Labute approximate surface area is 65.9 Å². The second kappa shape index (κ2) is 3.40. The lowest BCUT2D eigenvalue weighted by atomic mass is 10.5. The minimum Gasteiger partial charge on any atom is -0.341 e. The lowest BCUT2D eigenvalue weighted by Gasteiger charge is -1.96. The summed E-state index contributed by atoms with van der Waals surface area (Å²) in [5, 5.41) is 0. The van der Waals surface area contributed by atoms with Gasteiger partial charge in [0.15, 0.2) is 0 Å². The first-order chi connectivity index (χ1) is 5.18. The lowest BCUT2D eigenvalue weighted by molar-refractivity contribution is 0.438. The topological polar surface area (TPSA) is 72.3 Å². The van der Waals surface area contributed by atoms with Gasteiger partial charge in [0.2, 0.25) is 0 Å². The summed E-state index contributed by atoms with van der Waals surface area (Å²) in [5.41, 5.74) is 0.681. The van der Waals surface area contributed by atoms with Gasteiger partial charge < -0.3 is 4.18 Å². The summed E-state index contributed by atoms with van der Waals surface area (Å²) < 4.78 is 22.7. The van der Waals surface area contributed by atoms with Crippen LogP contribution < -0.4 is 4.18 Å². The quantitative estimate of drug-likeness (QED) is 0.653. The first-order valence-electron chi connectivity index (χ1n) is 2.77. The first-order valence-corrected chi connectivity index (χ1v) is 3.80. The van der Waals surface area contributed by atoms with E-state index in [2.05, 4.69) is 14.2 Å². The van der Waals surface area contributed by atoms with Gasteiger partial charge in [0.25, 0.3) is 0 Å². The van der Waals surface area contributed by atoms with Gasteiger partial charge in [0.1, 0.15) is 0 Å². The molecule has 5 nitrogen and oxygen atoms in total. The molecule has 1 N–H and O–H groups in total. The fourth-order valence-electron chi connectivity index (χ4n) is 0.530. The molecule has 0 fully saturated rings. The van der Waals surface area contributed by atoms with E-state index in [0.717, 1.165) is 0 Å². The lowest BCUT2D eigenvalue weighted by Crippen LogP contribution is -2.01. The third-order valence-corrected chi connectivity index (χ3v) is 1.21. The van der Waals surface area contributed by atoms with E-state index >= 15 is 0 Å². The smallest absolute Gasteiger partial charge is 0.341 e. The standard InChI is InChI=1S/C5H6N2O3S/c1-4-2-3-6-5(7-4)10-11(8)9/h2-3H,1H3,(H,8,9). The molecular weight excluding hydrogens is 168 g/mol. The number of hydrogen-bond acceptors (Lipinski definition) is 4. The molecule has 0 aliphatic carbocycles. The van der Waals surface area contributed by atoms with Gasteiger partial charge in [0.05, 0.1) is 0 Å². The molecule has 1 aromatic heterocycles. The second-order valence-corrected chi connectivity index (χ2v) is 2.38. The van der Waals surface area contributed by atoms with Gasteiger partial charge in [-0.1, -0.05) is 0 Å². The van der Waals surface area contributed by atoms with Crippen LogP contribution in [-0.4, -0.2) is 18.7 Å². The molecule has 1 rings (SSSR count). The maximum atomic E-state index is 10.1. The van der Waals surface area contributed by atoms with Crippen molar-refractivity contribution in [2.45, 2.75) is 6.92 Å². The van der Waals surface area contributed by atoms with Crippen LogP contribution in [0.5, 0.6) is 6.01 Å². The Morgan fingerprint density at radius 1 is 1.73 bits per heavy atom.